The number of hydroxylamine groups is 4. The Morgan fingerprint density at radius 1 is 0.745 bits per heavy atom. The molecule has 3 heterocycles. The van der Waals surface area contributed by atoms with Crippen LogP contribution < -0.4 is 5.32 Å². The molecule has 55 heavy (non-hydrogen) atoms. The second-order valence-corrected chi connectivity index (χ2v) is 18.9. The lowest BCUT2D eigenvalue weighted by molar-refractivity contribution is -0.298. The van der Waals surface area contributed by atoms with E-state index in [4.69, 9.17) is 48.2 Å². The Labute approximate surface area is 322 Å². The van der Waals surface area contributed by atoms with Crippen molar-refractivity contribution in [3.63, 3.8) is 0 Å². The number of carbonyl (C=O) groups is 1. The number of hydrogen-bond acceptors (Lipinski definition) is 17. The number of piperidine rings is 1. The van der Waals surface area contributed by atoms with Crippen LogP contribution in [0.3, 0.4) is 0 Å². The lowest BCUT2D eigenvalue weighted by Crippen LogP contribution is -2.71. The van der Waals surface area contributed by atoms with E-state index in [1.165, 1.54) is 5.06 Å². The first kappa shape index (κ1) is 43.4. The first-order valence-corrected chi connectivity index (χ1v) is 21.6. The summed E-state index contributed by atoms with van der Waals surface area (Å²) in [7, 11) is -8.46. The van der Waals surface area contributed by atoms with Crippen molar-refractivity contribution in [3.05, 3.63) is 11.6 Å². The highest BCUT2D eigenvalue weighted by atomic mass is 31.2. The highest BCUT2D eigenvalue weighted by molar-refractivity contribution is 7.48. The van der Waals surface area contributed by atoms with Gasteiger partial charge in [0.05, 0.1) is 99.7 Å². The monoisotopic (exact) mass is 807 g/mol. The maximum absolute atomic E-state index is 14.1. The van der Waals surface area contributed by atoms with E-state index >= 15 is 0 Å². The van der Waals surface area contributed by atoms with Gasteiger partial charge in [0.25, 0.3) is 0 Å². The Hall–Kier alpha value is -2.77. The number of nitriles is 4. The summed E-state index contributed by atoms with van der Waals surface area (Å²) in [6.45, 7) is 4.40. The molecule has 5 rings (SSSR count). The van der Waals surface area contributed by atoms with Gasteiger partial charge in [0.2, 0.25) is 5.91 Å². The lowest BCUT2D eigenvalue weighted by atomic mass is 9.60. The first-order chi connectivity index (χ1) is 26.0. The van der Waals surface area contributed by atoms with E-state index in [2.05, 4.69) is 5.32 Å². The van der Waals surface area contributed by atoms with Gasteiger partial charge in [0.15, 0.2) is 0 Å². The van der Waals surface area contributed by atoms with Crippen LogP contribution >= 0.6 is 15.6 Å². The minimum absolute atomic E-state index is 0.0363. The van der Waals surface area contributed by atoms with Crippen molar-refractivity contribution >= 4 is 21.6 Å². The molecule has 0 aromatic carbocycles. The largest absolute Gasteiger partial charge is 0.475 e. The predicted molar refractivity (Wildman–Crippen MR) is 190 cm³/mol. The fourth-order valence-electron chi connectivity index (χ4n) is 9.23. The molecule has 5 bridgehead atoms. The molecule has 1 saturated heterocycles. The molecule has 3 N–H and O–H groups in total. The maximum Gasteiger partial charge on any atom is 0.475 e. The predicted octanol–water partition coefficient (Wildman–Crippen LogP) is 5.70. The van der Waals surface area contributed by atoms with Gasteiger partial charge in [0, 0.05) is 28.6 Å². The average molecular weight is 808 g/mol. The van der Waals surface area contributed by atoms with Crippen LogP contribution in [0, 0.1) is 51.2 Å². The number of amides is 1. The summed E-state index contributed by atoms with van der Waals surface area (Å²) in [5.74, 6) is -1.05. The summed E-state index contributed by atoms with van der Waals surface area (Å²) in [6, 6.07) is 7.30. The molecule has 18 nitrogen and oxygen atoms in total. The van der Waals surface area contributed by atoms with E-state index in [9.17, 15) is 24.3 Å². The number of carbonyl (C=O) groups excluding carboxylic acids is 1. The van der Waals surface area contributed by atoms with Gasteiger partial charge < -0.3 is 15.7 Å². The molecule has 0 radical (unpaired) electrons. The lowest BCUT2D eigenvalue weighted by Gasteiger charge is -2.62. The molecule has 2 saturated carbocycles. The number of fused-ring (bicyclic) bond motifs is 4. The van der Waals surface area contributed by atoms with Crippen LogP contribution in [0.25, 0.3) is 0 Å². The molecule has 1 amide bonds. The van der Waals surface area contributed by atoms with Gasteiger partial charge in [-0.3, -0.25) is 31.9 Å². The Morgan fingerprint density at radius 3 is 1.73 bits per heavy atom. The van der Waals surface area contributed by atoms with Crippen LogP contribution in [0.15, 0.2) is 11.6 Å². The molecule has 20 heteroatoms. The van der Waals surface area contributed by atoms with Gasteiger partial charge in [-0.05, 0) is 78.6 Å². The average Bonchev–Trinajstić information content (AvgIpc) is 3.33. The highest BCUT2D eigenvalue weighted by Crippen LogP contribution is 2.61. The molecule has 4 unspecified atom stereocenters. The van der Waals surface area contributed by atoms with Crippen LogP contribution in [0.2, 0.25) is 0 Å². The number of rotatable bonds is 16. The number of phosphoric ester groups is 2. The topological polar surface area (TPSA) is 261 Å². The molecule has 5 aliphatic rings. The van der Waals surface area contributed by atoms with E-state index in [0.717, 1.165) is 5.06 Å². The smallest absolute Gasteiger partial charge is 0.349 e. The summed E-state index contributed by atoms with van der Waals surface area (Å²) in [5, 5.41) is 66.2. The molecule has 2 aliphatic carbocycles. The minimum Gasteiger partial charge on any atom is -0.349 e. The van der Waals surface area contributed by atoms with Crippen molar-refractivity contribution in [1.82, 2.24) is 15.4 Å². The summed E-state index contributed by atoms with van der Waals surface area (Å²) in [4.78, 5) is 14.1. The van der Waals surface area contributed by atoms with Gasteiger partial charge in [-0.1, -0.05) is 6.08 Å². The first-order valence-electron chi connectivity index (χ1n) is 18.7. The number of phosphoric acid groups is 2. The Bertz CT molecular complexity index is 1680. The SMILES string of the molecule is CC1(C)C2=CC(C)(C3CC4(CC[C@@H]3OP(=O)(OCCC#N)OCCC#N)CC(CC3(CCC(OP(=O)(OCCC#N)OCCC#N)CC3)N4O)NC2=O)N1O. The van der Waals surface area contributed by atoms with Crippen LogP contribution in [-0.2, 0) is 41.1 Å². The molecule has 0 aromatic rings. The van der Waals surface area contributed by atoms with Crippen molar-refractivity contribution < 1.29 is 51.5 Å². The molecular weight excluding hydrogens is 756 g/mol. The minimum atomic E-state index is -4.34. The number of nitrogens with one attached hydrogen (secondary N) is 1. The van der Waals surface area contributed by atoms with Gasteiger partial charge in [0.1, 0.15) is 0 Å². The van der Waals surface area contributed by atoms with Crippen molar-refractivity contribution in [2.45, 2.75) is 145 Å². The van der Waals surface area contributed by atoms with E-state index in [-0.39, 0.29) is 76.9 Å². The fourth-order valence-corrected chi connectivity index (χ4v) is 12.0. The zero-order valence-corrected chi connectivity index (χ0v) is 33.3. The third-order valence-corrected chi connectivity index (χ3v) is 14.8. The Kier molecular flexibility index (Phi) is 13.7. The zero-order valence-electron chi connectivity index (χ0n) is 31.6. The van der Waals surface area contributed by atoms with Gasteiger partial charge in [-0.15, -0.1) is 0 Å². The van der Waals surface area contributed by atoms with Crippen LogP contribution in [0.5, 0.6) is 0 Å². The van der Waals surface area contributed by atoms with E-state index in [0.29, 0.717) is 50.5 Å². The summed E-state index contributed by atoms with van der Waals surface area (Å²) < 4.78 is 61.5. The van der Waals surface area contributed by atoms with Gasteiger partial charge in [-0.2, -0.15) is 31.2 Å². The third kappa shape index (κ3) is 9.03. The van der Waals surface area contributed by atoms with Crippen molar-refractivity contribution in [3.8, 4) is 24.3 Å². The number of nitrogens with zero attached hydrogens (tertiary/aromatic N) is 6. The number of hydrogen-bond donors (Lipinski definition) is 3. The quantitative estimate of drug-likeness (QED) is 0.125. The molecule has 5 atom stereocenters. The molecule has 3 fully saturated rings. The molecule has 3 aliphatic heterocycles. The zero-order chi connectivity index (χ0) is 40.1. The van der Waals surface area contributed by atoms with E-state index in [1.54, 1.807) is 26.8 Å². The molecule has 0 aromatic heterocycles. The Balaban J connectivity index is 1.46. The second kappa shape index (κ2) is 17.4. The highest BCUT2D eigenvalue weighted by Gasteiger charge is 2.64. The van der Waals surface area contributed by atoms with E-state index < -0.39 is 55.9 Å². The van der Waals surface area contributed by atoms with Crippen molar-refractivity contribution in [2.75, 3.05) is 26.4 Å². The van der Waals surface area contributed by atoms with E-state index in [1.807, 2.05) is 24.3 Å². The van der Waals surface area contributed by atoms with Crippen LogP contribution in [0.4, 0.5) is 0 Å². The summed E-state index contributed by atoms with van der Waals surface area (Å²) in [5.41, 5.74) is -3.86. The summed E-state index contributed by atoms with van der Waals surface area (Å²) >= 11 is 0. The van der Waals surface area contributed by atoms with Gasteiger partial charge >= 0.3 is 15.6 Å². The Morgan fingerprint density at radius 2 is 1.22 bits per heavy atom. The standard InChI is InChI=1S/C35H51N7O11P2/c1-32(2)29-24-33(3,41(32)44)28-25-35(13-10-30(28)53-55(47,50-20-6-16-38)51-21-7-17-39)23-26(40-31(29)43)22-34(42(35)45)11-8-27(9-12-34)52-54(46,48-18-4-14-36)49-19-5-15-37/h24,26-28,30,44-45H,4-13,18-23,25H2,1-3H3,(H,40,43)/t26?,27?,28?,30-,33?,34?,35?/m0/s1. The van der Waals surface area contributed by atoms with Crippen LogP contribution in [-0.4, -0.2) is 93.3 Å². The second-order valence-electron chi connectivity index (χ2n) is 15.7. The van der Waals surface area contributed by atoms with Crippen molar-refractivity contribution in [1.29, 1.82) is 21.0 Å². The van der Waals surface area contributed by atoms with Crippen molar-refractivity contribution in [2.24, 2.45) is 5.92 Å². The molecular formula is C35H51N7O11P2. The molecule has 2 spiro atoms. The third-order valence-electron chi connectivity index (χ3n) is 11.8. The maximum atomic E-state index is 14.1. The normalized spacial score (nSPS) is 33.4. The summed E-state index contributed by atoms with van der Waals surface area (Å²) in [6.07, 6.45) is 3.06. The molecule has 302 valence electrons. The van der Waals surface area contributed by atoms with Crippen LogP contribution in [0.1, 0.15) is 104 Å². The van der Waals surface area contributed by atoms with Gasteiger partial charge in [-0.25, -0.2) is 9.13 Å². The fraction of sp³-hybridized carbons (Fsp3) is 0.800.